The Hall–Kier alpha value is -4.20. The van der Waals surface area contributed by atoms with Crippen LogP contribution in [-0.2, 0) is 9.59 Å². The van der Waals surface area contributed by atoms with Crippen molar-refractivity contribution in [3.8, 4) is 11.5 Å². The molecule has 5 rings (SSSR count). The van der Waals surface area contributed by atoms with E-state index in [1.54, 1.807) is 36.4 Å². The summed E-state index contributed by atoms with van der Waals surface area (Å²) in [4.78, 5) is 31.5. The zero-order valence-corrected chi connectivity index (χ0v) is 16.7. The van der Waals surface area contributed by atoms with Crippen LogP contribution in [0.5, 0.6) is 11.5 Å². The van der Waals surface area contributed by atoms with Gasteiger partial charge in [-0.15, -0.1) is 0 Å². The number of fused-ring (bicyclic) bond motifs is 1. The molecular weight excluding hydrogens is 415 g/mol. The summed E-state index contributed by atoms with van der Waals surface area (Å²) >= 11 is 0. The second kappa shape index (κ2) is 7.81. The summed E-state index contributed by atoms with van der Waals surface area (Å²) in [5.74, 6) is -1.77. The third kappa shape index (κ3) is 3.26. The number of aromatic nitrogens is 1. The van der Waals surface area contributed by atoms with Crippen LogP contribution in [0.1, 0.15) is 17.3 Å². The van der Waals surface area contributed by atoms with Crippen molar-refractivity contribution in [2.24, 2.45) is 0 Å². The van der Waals surface area contributed by atoms with Crippen molar-refractivity contribution in [3.63, 3.8) is 0 Å². The summed E-state index contributed by atoms with van der Waals surface area (Å²) in [6, 6.07) is 14.1. The molecule has 2 aliphatic rings. The molecule has 1 amide bonds. The maximum atomic E-state index is 13.9. The predicted octanol–water partition coefficient (Wildman–Crippen LogP) is 3.62. The van der Waals surface area contributed by atoms with Gasteiger partial charge in [-0.25, -0.2) is 4.39 Å². The van der Waals surface area contributed by atoms with Crippen LogP contribution in [-0.4, -0.2) is 35.0 Å². The van der Waals surface area contributed by atoms with Crippen LogP contribution in [0.2, 0.25) is 0 Å². The number of aliphatic hydroxyl groups is 1. The second-order valence-electron chi connectivity index (χ2n) is 7.26. The first-order chi connectivity index (χ1) is 15.5. The Balaban J connectivity index is 1.69. The van der Waals surface area contributed by atoms with Gasteiger partial charge in [0.15, 0.2) is 11.5 Å². The standard InChI is InChI=1S/C24H17FN2O5/c25-15-4-3-5-16(13-15)27-21(17-6-1-2-9-26-17)20(23(29)24(27)30)22(28)14-7-8-18-19(12-14)32-11-10-31-18/h1-9,12-13,21,28H,10-11H2/b22-20-. The molecule has 3 aromatic rings. The summed E-state index contributed by atoms with van der Waals surface area (Å²) in [5, 5.41) is 11.1. The topological polar surface area (TPSA) is 89.0 Å². The highest BCUT2D eigenvalue weighted by molar-refractivity contribution is 6.51. The minimum Gasteiger partial charge on any atom is -0.507 e. The zero-order chi connectivity index (χ0) is 22.2. The number of hydrogen-bond acceptors (Lipinski definition) is 6. The monoisotopic (exact) mass is 432 g/mol. The van der Waals surface area contributed by atoms with Crippen LogP contribution in [0.25, 0.3) is 5.76 Å². The quantitative estimate of drug-likeness (QED) is 0.386. The molecule has 1 unspecified atom stereocenters. The van der Waals surface area contributed by atoms with E-state index in [0.29, 0.717) is 30.4 Å². The second-order valence-corrected chi connectivity index (χ2v) is 7.26. The third-order valence-electron chi connectivity index (χ3n) is 5.31. The van der Waals surface area contributed by atoms with E-state index in [9.17, 15) is 19.1 Å². The van der Waals surface area contributed by atoms with Crippen molar-refractivity contribution >= 4 is 23.1 Å². The van der Waals surface area contributed by atoms with E-state index in [2.05, 4.69) is 4.98 Å². The van der Waals surface area contributed by atoms with Gasteiger partial charge in [-0.1, -0.05) is 12.1 Å². The zero-order valence-electron chi connectivity index (χ0n) is 16.7. The highest BCUT2D eigenvalue weighted by Crippen LogP contribution is 2.42. The number of anilines is 1. The first-order valence-electron chi connectivity index (χ1n) is 9.92. The SMILES string of the molecule is O=C1C(=O)N(c2cccc(F)c2)C(c2ccccn2)/C1=C(/O)c1ccc2c(c1)OCCO2. The number of Topliss-reactive ketones (excluding diaryl/α,β-unsaturated/α-hetero) is 1. The van der Waals surface area contributed by atoms with Crippen molar-refractivity contribution < 1.29 is 28.6 Å². The summed E-state index contributed by atoms with van der Waals surface area (Å²) in [7, 11) is 0. The number of nitrogens with zero attached hydrogens (tertiary/aromatic N) is 2. The van der Waals surface area contributed by atoms with Crippen molar-refractivity contribution in [1.29, 1.82) is 0 Å². The molecule has 1 fully saturated rings. The molecule has 1 N–H and O–H groups in total. The number of aliphatic hydroxyl groups excluding tert-OH is 1. The fourth-order valence-electron chi connectivity index (χ4n) is 3.89. The molecule has 0 saturated carbocycles. The van der Waals surface area contributed by atoms with Gasteiger partial charge in [0.25, 0.3) is 11.7 Å². The van der Waals surface area contributed by atoms with E-state index >= 15 is 0 Å². The van der Waals surface area contributed by atoms with Gasteiger partial charge in [-0.3, -0.25) is 19.5 Å². The number of pyridine rings is 1. The third-order valence-corrected chi connectivity index (χ3v) is 5.31. The van der Waals surface area contributed by atoms with E-state index in [1.165, 1.54) is 24.4 Å². The predicted molar refractivity (Wildman–Crippen MR) is 113 cm³/mol. The molecule has 1 saturated heterocycles. The lowest BCUT2D eigenvalue weighted by atomic mass is 9.98. The number of hydrogen-bond donors (Lipinski definition) is 1. The lowest BCUT2D eigenvalue weighted by Crippen LogP contribution is -2.29. The van der Waals surface area contributed by atoms with Crippen molar-refractivity contribution in [2.45, 2.75) is 6.04 Å². The Morgan fingerprint density at radius 3 is 2.56 bits per heavy atom. The van der Waals surface area contributed by atoms with Gasteiger partial charge in [-0.05, 0) is 48.5 Å². The number of benzene rings is 2. The molecule has 3 heterocycles. The highest BCUT2D eigenvalue weighted by atomic mass is 19.1. The fraction of sp³-hybridized carbons (Fsp3) is 0.125. The number of halogens is 1. The van der Waals surface area contributed by atoms with Gasteiger partial charge in [0.05, 0.1) is 11.3 Å². The van der Waals surface area contributed by atoms with Gasteiger partial charge in [-0.2, -0.15) is 0 Å². The molecule has 160 valence electrons. The number of amides is 1. The van der Waals surface area contributed by atoms with Crippen molar-refractivity contribution in [1.82, 2.24) is 4.98 Å². The van der Waals surface area contributed by atoms with E-state index in [-0.39, 0.29) is 22.6 Å². The van der Waals surface area contributed by atoms with Gasteiger partial charge in [0.1, 0.15) is 30.8 Å². The summed E-state index contributed by atoms with van der Waals surface area (Å²) in [5.41, 5.74) is 0.682. The number of rotatable bonds is 3. The smallest absolute Gasteiger partial charge is 0.300 e. The Morgan fingerprint density at radius 2 is 1.81 bits per heavy atom. The lowest BCUT2D eigenvalue weighted by Gasteiger charge is -2.24. The first kappa shape index (κ1) is 19.7. The highest BCUT2D eigenvalue weighted by Gasteiger charge is 2.47. The van der Waals surface area contributed by atoms with E-state index in [4.69, 9.17) is 9.47 Å². The Kier molecular flexibility index (Phi) is 4.82. The Morgan fingerprint density at radius 1 is 1.00 bits per heavy atom. The van der Waals surface area contributed by atoms with Crippen LogP contribution < -0.4 is 14.4 Å². The van der Waals surface area contributed by atoms with Crippen LogP contribution in [0.3, 0.4) is 0 Å². The van der Waals surface area contributed by atoms with Crippen LogP contribution >= 0.6 is 0 Å². The molecule has 1 atom stereocenters. The number of ketones is 1. The Bertz CT molecular complexity index is 1260. The van der Waals surface area contributed by atoms with Crippen LogP contribution in [0.15, 0.2) is 72.4 Å². The summed E-state index contributed by atoms with van der Waals surface area (Å²) in [6.45, 7) is 0.770. The maximum Gasteiger partial charge on any atom is 0.300 e. The number of carbonyl (C=O) groups excluding carboxylic acids is 2. The Labute approximate surface area is 182 Å². The average molecular weight is 432 g/mol. The molecule has 0 bridgehead atoms. The normalized spacial score (nSPS) is 19.3. The molecule has 2 aromatic carbocycles. The van der Waals surface area contributed by atoms with Gasteiger partial charge < -0.3 is 14.6 Å². The van der Waals surface area contributed by atoms with E-state index in [1.807, 2.05) is 0 Å². The minimum atomic E-state index is -1.04. The van der Waals surface area contributed by atoms with Gasteiger partial charge in [0, 0.05) is 17.4 Å². The maximum absolute atomic E-state index is 13.9. The molecule has 7 nitrogen and oxygen atoms in total. The molecule has 1 aromatic heterocycles. The summed E-state index contributed by atoms with van der Waals surface area (Å²) < 4.78 is 25.0. The number of ether oxygens (including phenoxy) is 2. The van der Waals surface area contributed by atoms with Crippen molar-refractivity contribution in [3.05, 3.63) is 89.5 Å². The fourth-order valence-corrected chi connectivity index (χ4v) is 3.89. The number of carbonyl (C=O) groups is 2. The van der Waals surface area contributed by atoms with E-state index < -0.39 is 23.5 Å². The average Bonchev–Trinajstić information content (AvgIpc) is 3.09. The molecule has 0 spiro atoms. The molecule has 0 aliphatic carbocycles. The van der Waals surface area contributed by atoms with Crippen LogP contribution in [0, 0.1) is 5.82 Å². The molecular formula is C24H17FN2O5. The largest absolute Gasteiger partial charge is 0.507 e. The molecule has 0 radical (unpaired) electrons. The summed E-state index contributed by atoms with van der Waals surface area (Å²) in [6.07, 6.45) is 1.52. The van der Waals surface area contributed by atoms with Gasteiger partial charge >= 0.3 is 0 Å². The molecule has 2 aliphatic heterocycles. The first-order valence-corrected chi connectivity index (χ1v) is 9.92. The molecule has 8 heteroatoms. The van der Waals surface area contributed by atoms with Crippen LogP contribution in [0.4, 0.5) is 10.1 Å². The minimum absolute atomic E-state index is 0.144. The lowest BCUT2D eigenvalue weighted by molar-refractivity contribution is -0.132. The molecule has 32 heavy (non-hydrogen) atoms. The van der Waals surface area contributed by atoms with Crippen molar-refractivity contribution in [2.75, 3.05) is 18.1 Å². The van der Waals surface area contributed by atoms with Gasteiger partial charge in [0.2, 0.25) is 0 Å². The van der Waals surface area contributed by atoms with E-state index in [0.717, 1.165) is 11.0 Å².